The fourth-order valence-corrected chi connectivity index (χ4v) is 2.40. The van der Waals surface area contributed by atoms with E-state index in [2.05, 4.69) is 5.32 Å². The first-order valence-corrected chi connectivity index (χ1v) is 7.36. The molecule has 0 aromatic heterocycles. The summed E-state index contributed by atoms with van der Waals surface area (Å²) in [5.74, 6) is -0.744. The van der Waals surface area contributed by atoms with Crippen LogP contribution in [0.25, 0.3) is 0 Å². The molecule has 2 aromatic carbocycles. The maximum absolute atomic E-state index is 13.7. The van der Waals surface area contributed by atoms with Gasteiger partial charge in [0.15, 0.2) is 11.6 Å². The van der Waals surface area contributed by atoms with Crippen LogP contribution in [0.2, 0.25) is 0 Å². The summed E-state index contributed by atoms with van der Waals surface area (Å²) in [6, 6.07) is 10.2. The molecule has 1 amide bonds. The van der Waals surface area contributed by atoms with Crippen LogP contribution in [0.15, 0.2) is 36.4 Å². The number of aryl methyl sites for hydroxylation is 2. The Morgan fingerprint density at radius 1 is 1.14 bits per heavy atom. The van der Waals surface area contributed by atoms with Crippen LogP contribution in [0.3, 0.4) is 0 Å². The molecule has 0 bridgehead atoms. The molecule has 0 fully saturated rings. The Labute approximate surface area is 130 Å². The summed E-state index contributed by atoms with van der Waals surface area (Å²) in [4.78, 5) is 12.4. The molecule has 0 unspecified atom stereocenters. The first kappa shape index (κ1) is 16.0. The van der Waals surface area contributed by atoms with E-state index in [4.69, 9.17) is 4.74 Å². The molecule has 4 heteroatoms. The number of amides is 1. The zero-order chi connectivity index (χ0) is 16.1. The predicted molar refractivity (Wildman–Crippen MR) is 86.1 cm³/mol. The number of anilines is 1. The maximum Gasteiger partial charge on any atom is 0.255 e. The number of carbonyl (C=O) groups excluding carboxylic acids is 1. The quantitative estimate of drug-likeness (QED) is 0.898. The lowest BCUT2D eigenvalue weighted by Crippen LogP contribution is -2.15. The number of rotatable bonds is 5. The molecule has 0 aliphatic carbocycles. The van der Waals surface area contributed by atoms with Gasteiger partial charge in [-0.3, -0.25) is 4.79 Å². The zero-order valence-electron chi connectivity index (χ0n) is 13.1. The summed E-state index contributed by atoms with van der Waals surface area (Å²) < 4.78 is 18.6. The summed E-state index contributed by atoms with van der Waals surface area (Å²) >= 11 is 0. The topological polar surface area (TPSA) is 38.3 Å². The third kappa shape index (κ3) is 3.27. The van der Waals surface area contributed by atoms with Gasteiger partial charge in [-0.2, -0.15) is 0 Å². The molecule has 0 aliphatic rings. The number of hydrogen-bond donors (Lipinski definition) is 1. The van der Waals surface area contributed by atoms with Crippen LogP contribution in [0.4, 0.5) is 10.1 Å². The second kappa shape index (κ2) is 7.07. The molecule has 0 aliphatic heterocycles. The Bertz CT molecular complexity index is 661. The summed E-state index contributed by atoms with van der Waals surface area (Å²) in [6.07, 6.45) is 1.64. The minimum Gasteiger partial charge on any atom is -0.494 e. The number of halogens is 1. The van der Waals surface area contributed by atoms with E-state index in [1.165, 1.54) is 19.2 Å². The van der Waals surface area contributed by atoms with Gasteiger partial charge in [0.25, 0.3) is 5.91 Å². The largest absolute Gasteiger partial charge is 0.494 e. The standard InChI is InChI=1S/C18H20FNO2/c1-4-12-7-6-8-13(5-2)17(12)20-18(21)14-9-10-16(22-3)15(19)11-14/h6-11H,4-5H2,1-3H3,(H,20,21). The lowest BCUT2D eigenvalue weighted by molar-refractivity contribution is 0.102. The number of para-hydroxylation sites is 1. The second-order valence-corrected chi connectivity index (χ2v) is 4.96. The minimum absolute atomic E-state index is 0.125. The van der Waals surface area contributed by atoms with E-state index in [9.17, 15) is 9.18 Å². The number of carbonyl (C=O) groups is 1. The molecular weight excluding hydrogens is 281 g/mol. The van der Waals surface area contributed by atoms with Crippen LogP contribution < -0.4 is 10.1 Å². The molecule has 0 saturated heterocycles. The molecule has 0 saturated carbocycles. The summed E-state index contributed by atoms with van der Waals surface area (Å²) in [7, 11) is 1.39. The lowest BCUT2D eigenvalue weighted by Gasteiger charge is -2.14. The fraction of sp³-hybridized carbons (Fsp3) is 0.278. The highest BCUT2D eigenvalue weighted by atomic mass is 19.1. The molecule has 1 N–H and O–H groups in total. The van der Waals surface area contributed by atoms with E-state index in [1.807, 2.05) is 32.0 Å². The van der Waals surface area contributed by atoms with Gasteiger partial charge in [0, 0.05) is 11.3 Å². The number of nitrogens with one attached hydrogen (secondary N) is 1. The molecule has 0 atom stereocenters. The van der Waals surface area contributed by atoms with Crippen LogP contribution in [-0.4, -0.2) is 13.0 Å². The number of hydrogen-bond acceptors (Lipinski definition) is 2. The highest BCUT2D eigenvalue weighted by Crippen LogP contribution is 2.24. The van der Waals surface area contributed by atoms with Crippen molar-refractivity contribution in [1.82, 2.24) is 0 Å². The van der Waals surface area contributed by atoms with Gasteiger partial charge in [-0.15, -0.1) is 0 Å². The van der Waals surface area contributed by atoms with Gasteiger partial charge in [-0.1, -0.05) is 32.0 Å². The highest BCUT2D eigenvalue weighted by molar-refractivity contribution is 6.05. The number of benzene rings is 2. The van der Waals surface area contributed by atoms with Gasteiger partial charge >= 0.3 is 0 Å². The van der Waals surface area contributed by atoms with Crippen molar-refractivity contribution < 1.29 is 13.9 Å². The van der Waals surface area contributed by atoms with Gasteiger partial charge in [0.2, 0.25) is 0 Å². The predicted octanol–water partition coefficient (Wildman–Crippen LogP) is 4.21. The third-order valence-electron chi connectivity index (χ3n) is 3.65. The van der Waals surface area contributed by atoms with Crippen molar-refractivity contribution >= 4 is 11.6 Å². The van der Waals surface area contributed by atoms with Crippen molar-refractivity contribution in [1.29, 1.82) is 0 Å². The van der Waals surface area contributed by atoms with Crippen molar-refractivity contribution in [3.8, 4) is 5.75 Å². The summed E-state index contributed by atoms with van der Waals surface area (Å²) in [5, 5.41) is 2.92. The molecule has 0 heterocycles. The summed E-state index contributed by atoms with van der Waals surface area (Å²) in [5.41, 5.74) is 3.24. The Morgan fingerprint density at radius 3 is 2.27 bits per heavy atom. The molecule has 2 aromatic rings. The van der Waals surface area contributed by atoms with Crippen LogP contribution in [0.1, 0.15) is 35.3 Å². The van der Waals surface area contributed by atoms with Crippen molar-refractivity contribution in [3.63, 3.8) is 0 Å². The van der Waals surface area contributed by atoms with Crippen molar-refractivity contribution in [2.75, 3.05) is 12.4 Å². The number of methoxy groups -OCH3 is 1. The maximum atomic E-state index is 13.7. The van der Waals surface area contributed by atoms with E-state index in [0.29, 0.717) is 0 Å². The van der Waals surface area contributed by atoms with Crippen molar-refractivity contribution in [2.24, 2.45) is 0 Å². The zero-order valence-corrected chi connectivity index (χ0v) is 13.1. The summed E-state index contributed by atoms with van der Waals surface area (Å²) in [6.45, 7) is 4.08. The molecule has 2 rings (SSSR count). The lowest BCUT2D eigenvalue weighted by atomic mass is 10.0. The van der Waals surface area contributed by atoms with E-state index >= 15 is 0 Å². The average Bonchev–Trinajstić information content (AvgIpc) is 2.54. The second-order valence-electron chi connectivity index (χ2n) is 4.96. The first-order chi connectivity index (χ1) is 10.6. The van der Waals surface area contributed by atoms with E-state index in [-0.39, 0.29) is 17.2 Å². The average molecular weight is 301 g/mol. The minimum atomic E-state index is -0.547. The molecule has 3 nitrogen and oxygen atoms in total. The van der Waals surface area contributed by atoms with Crippen LogP contribution in [-0.2, 0) is 12.8 Å². The molecule has 0 spiro atoms. The van der Waals surface area contributed by atoms with E-state index < -0.39 is 5.82 Å². The molecule has 22 heavy (non-hydrogen) atoms. The smallest absolute Gasteiger partial charge is 0.255 e. The van der Waals surface area contributed by atoms with Gasteiger partial charge in [-0.25, -0.2) is 4.39 Å². The Balaban J connectivity index is 2.31. The number of ether oxygens (including phenoxy) is 1. The monoisotopic (exact) mass is 301 g/mol. The van der Waals surface area contributed by atoms with Crippen molar-refractivity contribution in [2.45, 2.75) is 26.7 Å². The SMILES string of the molecule is CCc1cccc(CC)c1NC(=O)c1ccc(OC)c(F)c1. The fourth-order valence-electron chi connectivity index (χ4n) is 2.40. The van der Waals surface area contributed by atoms with Gasteiger partial charge < -0.3 is 10.1 Å². The Morgan fingerprint density at radius 2 is 1.77 bits per heavy atom. The third-order valence-corrected chi connectivity index (χ3v) is 3.65. The molecular formula is C18H20FNO2. The molecule has 116 valence electrons. The highest BCUT2D eigenvalue weighted by Gasteiger charge is 2.13. The van der Waals surface area contributed by atoms with Crippen molar-refractivity contribution in [3.05, 3.63) is 58.9 Å². The molecule has 0 radical (unpaired) electrons. The Kier molecular flexibility index (Phi) is 5.15. The van der Waals surface area contributed by atoms with Crippen LogP contribution in [0.5, 0.6) is 5.75 Å². The van der Waals surface area contributed by atoms with Gasteiger partial charge in [0.1, 0.15) is 0 Å². The van der Waals surface area contributed by atoms with Gasteiger partial charge in [0.05, 0.1) is 7.11 Å². The van der Waals surface area contributed by atoms with E-state index in [1.54, 1.807) is 6.07 Å². The van der Waals surface area contributed by atoms with Crippen LogP contribution in [0, 0.1) is 5.82 Å². The normalized spacial score (nSPS) is 10.4. The first-order valence-electron chi connectivity index (χ1n) is 7.36. The Hall–Kier alpha value is -2.36. The van der Waals surface area contributed by atoms with Gasteiger partial charge in [-0.05, 0) is 42.2 Å². The van der Waals surface area contributed by atoms with E-state index in [0.717, 1.165) is 29.7 Å². The van der Waals surface area contributed by atoms with Crippen LogP contribution >= 0.6 is 0 Å².